The van der Waals surface area contributed by atoms with Crippen LogP contribution in [-0.2, 0) is 17.8 Å². The molecule has 1 aromatic heterocycles. The molecule has 0 radical (unpaired) electrons. The first kappa shape index (κ1) is 17.4. The van der Waals surface area contributed by atoms with Gasteiger partial charge >= 0.3 is 0 Å². The summed E-state index contributed by atoms with van der Waals surface area (Å²) in [6.45, 7) is 2.96. The van der Waals surface area contributed by atoms with Crippen molar-refractivity contribution in [2.45, 2.75) is 51.6 Å². The summed E-state index contributed by atoms with van der Waals surface area (Å²) in [6.07, 6.45) is 5.01. The average molecular weight is 343 g/mol. The standard InChI is InChI=1S/C18H25N5O2/c1-3-17-19-20-21-23(17)13-18(24)22-12-6-4-5-7-16(22)14-8-10-15(25-2)11-9-14/h8-11,16H,3-7,12-13H2,1-2H3/t16-/m1/s1. The summed E-state index contributed by atoms with van der Waals surface area (Å²) in [6, 6.07) is 8.13. The van der Waals surface area contributed by atoms with Gasteiger partial charge in [-0.3, -0.25) is 4.79 Å². The van der Waals surface area contributed by atoms with E-state index in [2.05, 4.69) is 27.7 Å². The van der Waals surface area contributed by atoms with Crippen LogP contribution in [-0.4, -0.2) is 44.7 Å². The number of amides is 1. The molecule has 2 heterocycles. The van der Waals surface area contributed by atoms with E-state index >= 15 is 0 Å². The lowest BCUT2D eigenvalue weighted by Crippen LogP contribution is -2.37. The molecule has 0 aliphatic carbocycles. The fraction of sp³-hybridized carbons (Fsp3) is 0.556. The van der Waals surface area contributed by atoms with Crippen molar-refractivity contribution >= 4 is 5.91 Å². The van der Waals surface area contributed by atoms with Crippen molar-refractivity contribution < 1.29 is 9.53 Å². The molecule has 1 saturated heterocycles. The zero-order valence-electron chi connectivity index (χ0n) is 14.9. The highest BCUT2D eigenvalue weighted by Crippen LogP contribution is 2.31. The third-order valence-electron chi connectivity index (χ3n) is 4.78. The molecule has 0 spiro atoms. The molecule has 0 saturated carbocycles. The van der Waals surface area contributed by atoms with Crippen LogP contribution in [0.5, 0.6) is 5.75 Å². The van der Waals surface area contributed by atoms with E-state index in [9.17, 15) is 4.79 Å². The van der Waals surface area contributed by atoms with E-state index in [4.69, 9.17) is 4.74 Å². The highest BCUT2D eigenvalue weighted by Gasteiger charge is 2.27. The first-order valence-electron chi connectivity index (χ1n) is 8.91. The summed E-state index contributed by atoms with van der Waals surface area (Å²) in [5.41, 5.74) is 1.16. The largest absolute Gasteiger partial charge is 0.497 e. The van der Waals surface area contributed by atoms with Gasteiger partial charge in [-0.1, -0.05) is 31.9 Å². The monoisotopic (exact) mass is 343 g/mol. The fourth-order valence-electron chi connectivity index (χ4n) is 3.40. The van der Waals surface area contributed by atoms with Crippen molar-refractivity contribution in [1.29, 1.82) is 0 Å². The van der Waals surface area contributed by atoms with Crippen molar-refractivity contribution in [2.75, 3.05) is 13.7 Å². The van der Waals surface area contributed by atoms with Crippen LogP contribution in [0.4, 0.5) is 0 Å². The van der Waals surface area contributed by atoms with Crippen molar-refractivity contribution in [2.24, 2.45) is 0 Å². The van der Waals surface area contributed by atoms with Gasteiger partial charge in [-0.2, -0.15) is 0 Å². The van der Waals surface area contributed by atoms with Crippen LogP contribution in [0.15, 0.2) is 24.3 Å². The van der Waals surface area contributed by atoms with Crippen molar-refractivity contribution in [3.8, 4) is 5.75 Å². The second-order valence-electron chi connectivity index (χ2n) is 6.33. The number of carbonyl (C=O) groups excluding carboxylic acids is 1. The Morgan fingerprint density at radius 3 is 2.76 bits per heavy atom. The molecule has 3 rings (SSSR count). The maximum atomic E-state index is 13.0. The van der Waals surface area contributed by atoms with E-state index in [0.717, 1.165) is 49.4 Å². The number of hydrogen-bond acceptors (Lipinski definition) is 5. The molecule has 0 bridgehead atoms. The molecule has 1 aromatic carbocycles. The molecule has 1 fully saturated rings. The van der Waals surface area contributed by atoms with Gasteiger partial charge in [0.1, 0.15) is 12.3 Å². The molecule has 1 amide bonds. The third-order valence-corrected chi connectivity index (χ3v) is 4.78. The van der Waals surface area contributed by atoms with Gasteiger partial charge in [0.2, 0.25) is 5.91 Å². The van der Waals surface area contributed by atoms with Crippen LogP contribution < -0.4 is 4.74 Å². The number of methoxy groups -OCH3 is 1. The molecule has 1 atom stereocenters. The summed E-state index contributed by atoms with van der Waals surface area (Å²) >= 11 is 0. The number of rotatable bonds is 5. The number of carbonyl (C=O) groups is 1. The van der Waals surface area contributed by atoms with Crippen LogP contribution in [0.25, 0.3) is 0 Å². The SMILES string of the molecule is CCc1nnnn1CC(=O)N1CCCCC[C@@H]1c1ccc(OC)cc1. The summed E-state index contributed by atoms with van der Waals surface area (Å²) in [5.74, 6) is 1.64. The van der Waals surface area contributed by atoms with E-state index in [-0.39, 0.29) is 18.5 Å². The highest BCUT2D eigenvalue weighted by molar-refractivity contribution is 5.76. The number of aromatic nitrogens is 4. The minimum atomic E-state index is 0.0738. The zero-order chi connectivity index (χ0) is 17.6. The first-order valence-corrected chi connectivity index (χ1v) is 8.91. The molecule has 2 aromatic rings. The predicted molar refractivity (Wildman–Crippen MR) is 93.1 cm³/mol. The predicted octanol–water partition coefficient (Wildman–Crippen LogP) is 2.39. The topological polar surface area (TPSA) is 73.1 Å². The second kappa shape index (κ2) is 8.09. The van der Waals surface area contributed by atoms with E-state index in [1.165, 1.54) is 0 Å². The van der Waals surface area contributed by atoms with Crippen LogP contribution in [0, 0.1) is 0 Å². The number of ether oxygens (including phenoxy) is 1. The Morgan fingerprint density at radius 2 is 2.04 bits per heavy atom. The molecule has 1 aliphatic heterocycles. The van der Waals surface area contributed by atoms with Crippen LogP contribution >= 0.6 is 0 Å². The maximum Gasteiger partial charge on any atom is 0.244 e. The average Bonchev–Trinajstić information content (AvgIpc) is 2.94. The van der Waals surface area contributed by atoms with Crippen molar-refractivity contribution in [3.05, 3.63) is 35.7 Å². The Kier molecular flexibility index (Phi) is 5.63. The van der Waals surface area contributed by atoms with Crippen molar-refractivity contribution in [1.82, 2.24) is 25.1 Å². The first-order chi connectivity index (χ1) is 12.2. The molecule has 0 unspecified atom stereocenters. The van der Waals surface area contributed by atoms with E-state index in [1.807, 2.05) is 24.0 Å². The van der Waals surface area contributed by atoms with Crippen LogP contribution in [0.1, 0.15) is 50.0 Å². The molecule has 7 nitrogen and oxygen atoms in total. The van der Waals surface area contributed by atoms with Crippen LogP contribution in [0.3, 0.4) is 0 Å². The van der Waals surface area contributed by atoms with Crippen LogP contribution in [0.2, 0.25) is 0 Å². The lowest BCUT2D eigenvalue weighted by atomic mass is 10.0. The van der Waals surface area contributed by atoms with Gasteiger partial charge in [-0.05, 0) is 41.0 Å². The molecule has 134 valence electrons. The molecule has 0 N–H and O–H groups in total. The van der Waals surface area contributed by atoms with Gasteiger partial charge in [0, 0.05) is 13.0 Å². The highest BCUT2D eigenvalue weighted by atomic mass is 16.5. The van der Waals surface area contributed by atoms with E-state index in [1.54, 1.807) is 11.8 Å². The molecular formula is C18H25N5O2. The van der Waals surface area contributed by atoms with Gasteiger partial charge in [0.15, 0.2) is 5.82 Å². The number of aryl methyl sites for hydroxylation is 1. The van der Waals surface area contributed by atoms with Gasteiger partial charge < -0.3 is 9.64 Å². The molecule has 25 heavy (non-hydrogen) atoms. The quantitative estimate of drug-likeness (QED) is 0.833. The molecule has 7 heteroatoms. The number of nitrogens with zero attached hydrogens (tertiary/aromatic N) is 5. The zero-order valence-corrected chi connectivity index (χ0v) is 14.9. The van der Waals surface area contributed by atoms with Crippen molar-refractivity contribution in [3.63, 3.8) is 0 Å². The van der Waals surface area contributed by atoms with Gasteiger partial charge in [0.25, 0.3) is 0 Å². The van der Waals surface area contributed by atoms with Gasteiger partial charge in [0.05, 0.1) is 13.2 Å². The molecule has 1 aliphatic rings. The number of tetrazole rings is 1. The van der Waals surface area contributed by atoms with E-state index < -0.39 is 0 Å². The maximum absolute atomic E-state index is 13.0. The Bertz CT molecular complexity index is 698. The Balaban J connectivity index is 1.80. The Hall–Kier alpha value is -2.44. The fourth-order valence-corrected chi connectivity index (χ4v) is 3.40. The summed E-state index contributed by atoms with van der Waals surface area (Å²) in [5, 5.41) is 11.6. The second-order valence-corrected chi connectivity index (χ2v) is 6.33. The minimum Gasteiger partial charge on any atom is -0.497 e. The summed E-state index contributed by atoms with van der Waals surface area (Å²) in [7, 11) is 1.66. The lowest BCUT2D eigenvalue weighted by Gasteiger charge is -2.30. The Morgan fingerprint density at radius 1 is 1.24 bits per heavy atom. The van der Waals surface area contributed by atoms with Gasteiger partial charge in [-0.25, -0.2) is 4.68 Å². The van der Waals surface area contributed by atoms with Gasteiger partial charge in [-0.15, -0.1) is 5.10 Å². The summed E-state index contributed by atoms with van der Waals surface area (Å²) < 4.78 is 6.85. The molecular weight excluding hydrogens is 318 g/mol. The number of hydrogen-bond donors (Lipinski definition) is 0. The smallest absolute Gasteiger partial charge is 0.244 e. The third kappa shape index (κ3) is 3.97. The number of benzene rings is 1. The lowest BCUT2D eigenvalue weighted by molar-refractivity contribution is -0.134. The minimum absolute atomic E-state index is 0.0738. The van der Waals surface area contributed by atoms with E-state index in [0.29, 0.717) is 6.42 Å². The summed E-state index contributed by atoms with van der Waals surface area (Å²) in [4.78, 5) is 15.0. The number of likely N-dealkylation sites (tertiary alicyclic amines) is 1. The normalized spacial score (nSPS) is 18.0. The Labute approximate surface area is 148 Å².